The highest BCUT2D eigenvalue weighted by molar-refractivity contribution is 7.18. The standard InChI is InChI=1S/C17H18Cl2N4S/c1-9-10(2)24-17-14(9)16(20)21-13(22-17)8-23(3)7-11-5-4-6-12(18)15(11)19/h4-6H,7-8H2,1-3H3,(H2,20,21,22). The second-order valence-electron chi connectivity index (χ2n) is 5.87. The molecule has 0 saturated carbocycles. The first-order valence-electron chi connectivity index (χ1n) is 7.50. The van der Waals surface area contributed by atoms with Gasteiger partial charge in [-0.2, -0.15) is 0 Å². The Morgan fingerprint density at radius 2 is 1.92 bits per heavy atom. The van der Waals surface area contributed by atoms with E-state index in [1.807, 2.05) is 19.2 Å². The van der Waals surface area contributed by atoms with E-state index < -0.39 is 0 Å². The van der Waals surface area contributed by atoms with E-state index in [0.29, 0.717) is 34.8 Å². The lowest BCUT2D eigenvalue weighted by atomic mass is 10.2. The van der Waals surface area contributed by atoms with Crippen LogP contribution in [0.3, 0.4) is 0 Å². The highest BCUT2D eigenvalue weighted by Gasteiger charge is 2.14. The summed E-state index contributed by atoms with van der Waals surface area (Å²) in [6.07, 6.45) is 0. The Morgan fingerprint density at radius 3 is 2.67 bits per heavy atom. The average Bonchev–Trinajstić information content (AvgIpc) is 2.79. The van der Waals surface area contributed by atoms with Crippen LogP contribution in [0.1, 0.15) is 21.8 Å². The Labute approximate surface area is 155 Å². The van der Waals surface area contributed by atoms with E-state index in [0.717, 1.165) is 21.3 Å². The van der Waals surface area contributed by atoms with Crippen molar-refractivity contribution in [1.82, 2.24) is 14.9 Å². The summed E-state index contributed by atoms with van der Waals surface area (Å²) in [7, 11) is 1.99. The molecule has 126 valence electrons. The molecule has 1 aromatic carbocycles. The van der Waals surface area contributed by atoms with E-state index in [9.17, 15) is 0 Å². The van der Waals surface area contributed by atoms with E-state index in [4.69, 9.17) is 28.9 Å². The number of nitrogens with two attached hydrogens (primary N) is 1. The topological polar surface area (TPSA) is 55.0 Å². The number of fused-ring (bicyclic) bond motifs is 1. The number of hydrogen-bond acceptors (Lipinski definition) is 5. The van der Waals surface area contributed by atoms with Gasteiger partial charge >= 0.3 is 0 Å². The summed E-state index contributed by atoms with van der Waals surface area (Å²) in [4.78, 5) is 13.4. The SMILES string of the molecule is Cc1sc2nc(CN(C)Cc3cccc(Cl)c3Cl)nc(N)c2c1C. The lowest BCUT2D eigenvalue weighted by molar-refractivity contribution is 0.311. The minimum Gasteiger partial charge on any atom is -0.383 e. The van der Waals surface area contributed by atoms with Crippen molar-refractivity contribution in [3.8, 4) is 0 Å². The summed E-state index contributed by atoms with van der Waals surface area (Å²) in [5, 5.41) is 2.13. The predicted molar refractivity (Wildman–Crippen MR) is 103 cm³/mol. The molecule has 0 fully saturated rings. The molecule has 0 aliphatic rings. The van der Waals surface area contributed by atoms with E-state index in [2.05, 4.69) is 28.7 Å². The van der Waals surface area contributed by atoms with Crippen LogP contribution < -0.4 is 5.73 Å². The van der Waals surface area contributed by atoms with Crippen LogP contribution in [0.5, 0.6) is 0 Å². The number of thiophene rings is 1. The van der Waals surface area contributed by atoms with Crippen LogP contribution in [-0.4, -0.2) is 21.9 Å². The molecule has 3 rings (SSSR count). The third-order valence-corrected chi connectivity index (χ3v) is 5.95. The fourth-order valence-electron chi connectivity index (χ4n) is 2.66. The quantitative estimate of drug-likeness (QED) is 0.703. The molecule has 0 atom stereocenters. The molecule has 2 heterocycles. The summed E-state index contributed by atoms with van der Waals surface area (Å²) in [6, 6.07) is 5.65. The summed E-state index contributed by atoms with van der Waals surface area (Å²) in [5.41, 5.74) is 8.28. The largest absolute Gasteiger partial charge is 0.383 e. The van der Waals surface area contributed by atoms with Gasteiger partial charge in [-0.3, -0.25) is 4.90 Å². The average molecular weight is 381 g/mol. The molecule has 24 heavy (non-hydrogen) atoms. The number of aryl methyl sites for hydroxylation is 2. The van der Waals surface area contributed by atoms with Crippen LogP contribution in [-0.2, 0) is 13.1 Å². The summed E-state index contributed by atoms with van der Waals surface area (Å²) >= 11 is 14.0. The van der Waals surface area contributed by atoms with Crippen molar-refractivity contribution in [1.29, 1.82) is 0 Å². The molecular weight excluding hydrogens is 363 g/mol. The Hall–Kier alpha value is -1.40. The fraction of sp³-hybridized carbons (Fsp3) is 0.294. The summed E-state index contributed by atoms with van der Waals surface area (Å²) in [5.74, 6) is 1.26. The third-order valence-electron chi connectivity index (χ3n) is 3.99. The van der Waals surface area contributed by atoms with Gasteiger partial charge in [-0.1, -0.05) is 35.3 Å². The van der Waals surface area contributed by atoms with E-state index in [-0.39, 0.29) is 0 Å². The molecule has 0 aliphatic heterocycles. The van der Waals surface area contributed by atoms with Crippen molar-refractivity contribution < 1.29 is 0 Å². The van der Waals surface area contributed by atoms with Crippen LogP contribution >= 0.6 is 34.5 Å². The number of nitrogen functional groups attached to an aromatic ring is 1. The first kappa shape index (κ1) is 17.4. The molecule has 4 nitrogen and oxygen atoms in total. The molecule has 0 amide bonds. The molecule has 0 radical (unpaired) electrons. The lowest BCUT2D eigenvalue weighted by Crippen LogP contribution is -2.19. The van der Waals surface area contributed by atoms with Gasteiger partial charge in [0.15, 0.2) is 0 Å². The van der Waals surface area contributed by atoms with Crippen LogP contribution in [0.25, 0.3) is 10.2 Å². The molecule has 0 unspecified atom stereocenters. The molecule has 3 aromatic rings. The highest BCUT2D eigenvalue weighted by Crippen LogP contribution is 2.32. The van der Waals surface area contributed by atoms with Crippen molar-refractivity contribution in [2.75, 3.05) is 12.8 Å². The van der Waals surface area contributed by atoms with Gasteiger partial charge in [-0.15, -0.1) is 11.3 Å². The van der Waals surface area contributed by atoms with Gasteiger partial charge in [-0.05, 0) is 38.1 Å². The van der Waals surface area contributed by atoms with Gasteiger partial charge in [0, 0.05) is 11.4 Å². The smallest absolute Gasteiger partial charge is 0.146 e. The van der Waals surface area contributed by atoms with Crippen LogP contribution in [0.15, 0.2) is 18.2 Å². The van der Waals surface area contributed by atoms with Crippen molar-refractivity contribution in [2.24, 2.45) is 0 Å². The summed E-state index contributed by atoms with van der Waals surface area (Å²) < 4.78 is 0. The molecule has 0 bridgehead atoms. The maximum Gasteiger partial charge on any atom is 0.146 e. The first-order valence-corrected chi connectivity index (χ1v) is 9.07. The van der Waals surface area contributed by atoms with Crippen molar-refractivity contribution in [3.05, 3.63) is 50.1 Å². The third kappa shape index (κ3) is 3.35. The lowest BCUT2D eigenvalue weighted by Gasteiger charge is -2.17. The fourth-order valence-corrected chi connectivity index (χ4v) is 4.09. The van der Waals surface area contributed by atoms with E-state index >= 15 is 0 Å². The maximum absolute atomic E-state index is 6.26. The molecule has 2 aromatic heterocycles. The number of benzene rings is 1. The number of rotatable bonds is 4. The Morgan fingerprint density at radius 1 is 1.17 bits per heavy atom. The van der Waals surface area contributed by atoms with Gasteiger partial charge < -0.3 is 5.73 Å². The molecule has 2 N–H and O–H groups in total. The van der Waals surface area contributed by atoms with Crippen LogP contribution in [0.2, 0.25) is 10.0 Å². The first-order chi connectivity index (χ1) is 11.4. The molecule has 0 spiro atoms. The van der Waals surface area contributed by atoms with Crippen molar-refractivity contribution in [2.45, 2.75) is 26.9 Å². The number of nitrogens with zero attached hydrogens (tertiary/aromatic N) is 3. The Kier molecular flexibility index (Phi) is 4.97. The number of hydrogen-bond donors (Lipinski definition) is 1. The monoisotopic (exact) mass is 380 g/mol. The molecule has 0 saturated heterocycles. The second-order valence-corrected chi connectivity index (χ2v) is 7.86. The number of aromatic nitrogens is 2. The van der Waals surface area contributed by atoms with Crippen LogP contribution in [0, 0.1) is 13.8 Å². The van der Waals surface area contributed by atoms with Crippen molar-refractivity contribution in [3.63, 3.8) is 0 Å². The maximum atomic E-state index is 6.26. The second kappa shape index (κ2) is 6.84. The minimum absolute atomic E-state index is 0.547. The molecule has 0 aliphatic carbocycles. The number of anilines is 1. The van der Waals surface area contributed by atoms with Gasteiger partial charge in [-0.25, -0.2) is 9.97 Å². The van der Waals surface area contributed by atoms with Crippen molar-refractivity contribution >= 4 is 50.6 Å². The Balaban J connectivity index is 1.83. The Bertz CT molecular complexity index is 907. The van der Waals surface area contributed by atoms with Gasteiger partial charge in [0.1, 0.15) is 16.5 Å². The summed E-state index contributed by atoms with van der Waals surface area (Å²) in [6.45, 7) is 5.37. The zero-order chi connectivity index (χ0) is 17.4. The highest BCUT2D eigenvalue weighted by atomic mass is 35.5. The van der Waals surface area contributed by atoms with Gasteiger partial charge in [0.25, 0.3) is 0 Å². The van der Waals surface area contributed by atoms with E-state index in [1.165, 1.54) is 4.88 Å². The normalized spacial score (nSPS) is 11.6. The molecular formula is C17H18Cl2N4S. The zero-order valence-corrected chi connectivity index (χ0v) is 16.1. The minimum atomic E-state index is 0.547. The van der Waals surface area contributed by atoms with E-state index in [1.54, 1.807) is 17.4 Å². The molecule has 7 heteroatoms. The van der Waals surface area contributed by atoms with Gasteiger partial charge in [0.05, 0.1) is 22.0 Å². The number of halogens is 2. The van der Waals surface area contributed by atoms with Crippen LogP contribution in [0.4, 0.5) is 5.82 Å². The zero-order valence-electron chi connectivity index (χ0n) is 13.7. The van der Waals surface area contributed by atoms with Gasteiger partial charge in [0.2, 0.25) is 0 Å². The predicted octanol–water partition coefficient (Wildman–Crippen LogP) is 4.83.